The number of nitrogens with zero attached hydrogens (tertiary/aromatic N) is 6. The van der Waals surface area contributed by atoms with Crippen LogP contribution in [0.3, 0.4) is 0 Å². The number of aromatic nitrogens is 3. The molecule has 0 aliphatic rings. The minimum Gasteiger partial charge on any atom is -0.337 e. The highest BCUT2D eigenvalue weighted by Crippen LogP contribution is 2.29. The second-order valence-corrected chi connectivity index (χ2v) is 10.8. The second kappa shape index (κ2) is 14.4. The summed E-state index contributed by atoms with van der Waals surface area (Å²) >= 11 is 1.59. The minimum absolute atomic E-state index is 0.0303. The maximum atomic E-state index is 13.1. The van der Waals surface area contributed by atoms with Gasteiger partial charge in [0.05, 0.1) is 4.92 Å². The van der Waals surface area contributed by atoms with Crippen LogP contribution >= 0.6 is 11.8 Å². The largest absolute Gasteiger partial charge is 0.337 e. The molecule has 0 spiro atoms. The first kappa shape index (κ1) is 29.0. The highest BCUT2D eigenvalue weighted by atomic mass is 32.2. The van der Waals surface area contributed by atoms with Crippen LogP contribution < -0.4 is 0 Å². The van der Waals surface area contributed by atoms with Gasteiger partial charge in [-0.25, -0.2) is 0 Å². The highest BCUT2D eigenvalue weighted by molar-refractivity contribution is 7.99. The van der Waals surface area contributed by atoms with Crippen molar-refractivity contribution in [2.45, 2.75) is 31.0 Å². The summed E-state index contributed by atoms with van der Waals surface area (Å²) < 4.78 is 1.97. The van der Waals surface area contributed by atoms with Gasteiger partial charge >= 0.3 is 0 Å². The van der Waals surface area contributed by atoms with Gasteiger partial charge in [0.1, 0.15) is 0 Å². The Morgan fingerprint density at radius 3 is 2.23 bits per heavy atom. The molecule has 4 aromatic rings. The topological polar surface area (TPSA) is 97.4 Å². The summed E-state index contributed by atoms with van der Waals surface area (Å²) in [5.74, 6) is 1.58. The van der Waals surface area contributed by atoms with E-state index in [0.717, 1.165) is 47.1 Å². The summed E-state index contributed by atoms with van der Waals surface area (Å²) in [6, 6.07) is 26.3. The molecule has 0 unspecified atom stereocenters. The van der Waals surface area contributed by atoms with Crippen LogP contribution in [0.25, 0.3) is 17.1 Å². The van der Waals surface area contributed by atoms with Gasteiger partial charge in [-0.2, -0.15) is 0 Å². The van der Waals surface area contributed by atoms with Crippen LogP contribution in [0.2, 0.25) is 0 Å². The third-order valence-corrected chi connectivity index (χ3v) is 7.40. The SMILES string of the molecule is CN(C)CCN(Cc1ccccc1)C(=O)CCCCSc1nnc(-c2ccc([N+](=O)[O-])cc2)n1-c1ccccc1. The molecule has 208 valence electrons. The normalized spacial score (nSPS) is 11.1. The Kier molecular flexibility index (Phi) is 10.4. The zero-order valence-electron chi connectivity index (χ0n) is 22.8. The van der Waals surface area contributed by atoms with Crippen molar-refractivity contribution in [2.24, 2.45) is 0 Å². The van der Waals surface area contributed by atoms with E-state index in [1.54, 1.807) is 23.9 Å². The summed E-state index contributed by atoms with van der Waals surface area (Å²) in [6.07, 6.45) is 2.14. The monoisotopic (exact) mass is 558 g/mol. The Morgan fingerprint density at radius 1 is 0.900 bits per heavy atom. The van der Waals surface area contributed by atoms with Crippen LogP contribution in [0.1, 0.15) is 24.8 Å². The van der Waals surface area contributed by atoms with Gasteiger partial charge in [-0.1, -0.05) is 60.3 Å². The summed E-state index contributed by atoms with van der Waals surface area (Å²) in [4.78, 5) is 27.8. The fourth-order valence-electron chi connectivity index (χ4n) is 4.21. The van der Waals surface area contributed by atoms with Crippen molar-refractivity contribution in [2.75, 3.05) is 32.9 Å². The Bertz CT molecular complexity index is 1380. The van der Waals surface area contributed by atoms with Gasteiger partial charge < -0.3 is 9.80 Å². The lowest BCUT2D eigenvalue weighted by Crippen LogP contribution is -2.36. The van der Waals surface area contributed by atoms with E-state index >= 15 is 0 Å². The van der Waals surface area contributed by atoms with E-state index in [-0.39, 0.29) is 11.6 Å². The fraction of sp³-hybridized carbons (Fsp3) is 0.300. The van der Waals surface area contributed by atoms with Crippen LogP contribution in [0.15, 0.2) is 90.1 Å². The van der Waals surface area contributed by atoms with Crippen LogP contribution in [0.5, 0.6) is 0 Å². The molecule has 0 fully saturated rings. The molecule has 4 rings (SSSR count). The van der Waals surface area contributed by atoms with E-state index < -0.39 is 4.92 Å². The highest BCUT2D eigenvalue weighted by Gasteiger charge is 2.18. The van der Waals surface area contributed by atoms with Crippen molar-refractivity contribution < 1.29 is 9.72 Å². The molecule has 0 N–H and O–H groups in total. The molecule has 9 nitrogen and oxygen atoms in total. The average Bonchev–Trinajstić information content (AvgIpc) is 3.39. The third kappa shape index (κ3) is 8.00. The van der Waals surface area contributed by atoms with Gasteiger partial charge in [-0.05, 0) is 56.8 Å². The molecular weight excluding hydrogens is 524 g/mol. The molecular formula is C30H34N6O3S. The first-order chi connectivity index (χ1) is 19.4. The zero-order valence-corrected chi connectivity index (χ0v) is 23.7. The van der Waals surface area contributed by atoms with Crippen molar-refractivity contribution in [3.8, 4) is 17.1 Å². The number of carbonyl (C=O) groups is 1. The van der Waals surface area contributed by atoms with Crippen molar-refractivity contribution in [1.82, 2.24) is 24.6 Å². The number of unbranched alkanes of at least 4 members (excludes halogenated alkanes) is 1. The maximum Gasteiger partial charge on any atom is 0.269 e. The fourth-order valence-corrected chi connectivity index (χ4v) is 5.16. The van der Waals surface area contributed by atoms with Gasteiger partial charge in [0.2, 0.25) is 5.91 Å². The lowest BCUT2D eigenvalue weighted by atomic mass is 10.2. The Labute approximate surface area is 239 Å². The maximum absolute atomic E-state index is 13.1. The quantitative estimate of drug-likeness (QED) is 0.0848. The van der Waals surface area contributed by atoms with Gasteiger partial charge in [-0.3, -0.25) is 19.5 Å². The lowest BCUT2D eigenvalue weighted by molar-refractivity contribution is -0.384. The number of non-ortho nitro benzene ring substituents is 1. The second-order valence-electron chi connectivity index (χ2n) is 9.69. The smallest absolute Gasteiger partial charge is 0.269 e. The number of likely N-dealkylation sites (N-methyl/N-ethyl adjacent to an activating group) is 1. The molecule has 40 heavy (non-hydrogen) atoms. The predicted octanol–water partition coefficient (Wildman–Crippen LogP) is 5.70. The van der Waals surface area contributed by atoms with E-state index in [1.165, 1.54) is 12.1 Å². The van der Waals surface area contributed by atoms with Gasteiger partial charge in [0.25, 0.3) is 5.69 Å². The van der Waals surface area contributed by atoms with E-state index in [4.69, 9.17) is 0 Å². The summed E-state index contributed by atoms with van der Waals surface area (Å²) in [5, 5.41) is 20.7. The number of carbonyl (C=O) groups excluding carboxylic acids is 1. The summed E-state index contributed by atoms with van der Waals surface area (Å²) in [5.41, 5.74) is 2.82. The molecule has 0 radical (unpaired) electrons. The van der Waals surface area contributed by atoms with E-state index in [1.807, 2.05) is 72.1 Å². The van der Waals surface area contributed by atoms with Crippen molar-refractivity contribution in [3.63, 3.8) is 0 Å². The third-order valence-electron chi connectivity index (χ3n) is 6.39. The predicted molar refractivity (Wildman–Crippen MR) is 158 cm³/mol. The van der Waals surface area contributed by atoms with Gasteiger partial charge in [-0.15, -0.1) is 10.2 Å². The first-order valence-electron chi connectivity index (χ1n) is 13.3. The first-order valence-corrected chi connectivity index (χ1v) is 14.3. The molecule has 0 atom stereocenters. The number of nitro groups is 1. The Balaban J connectivity index is 1.38. The number of thioether (sulfide) groups is 1. The number of hydrogen-bond acceptors (Lipinski definition) is 7. The number of rotatable bonds is 14. The van der Waals surface area contributed by atoms with Gasteiger partial charge in [0, 0.05) is 55.2 Å². The number of hydrogen-bond donors (Lipinski definition) is 0. The van der Waals surface area contributed by atoms with E-state index in [0.29, 0.717) is 25.3 Å². The van der Waals surface area contributed by atoms with Crippen LogP contribution in [0, 0.1) is 10.1 Å². The molecule has 0 saturated heterocycles. The van der Waals surface area contributed by atoms with Crippen molar-refractivity contribution in [1.29, 1.82) is 0 Å². The molecule has 0 saturated carbocycles. The molecule has 1 aromatic heterocycles. The van der Waals surface area contributed by atoms with Gasteiger partial charge in [0.15, 0.2) is 11.0 Å². The van der Waals surface area contributed by atoms with Crippen molar-refractivity contribution >= 4 is 23.4 Å². The molecule has 0 aliphatic heterocycles. The van der Waals surface area contributed by atoms with Crippen LogP contribution in [0.4, 0.5) is 5.69 Å². The molecule has 10 heteroatoms. The van der Waals surface area contributed by atoms with Crippen molar-refractivity contribution in [3.05, 3.63) is 101 Å². The van der Waals surface area contributed by atoms with Crippen LogP contribution in [-0.4, -0.2) is 68.3 Å². The summed E-state index contributed by atoms with van der Waals surface area (Å²) in [6.45, 7) is 2.13. The molecule has 0 aliphatic carbocycles. The molecule has 1 heterocycles. The standard InChI is InChI=1S/C30H34N6O3S/c1-33(2)20-21-34(23-24-11-5-3-6-12-24)28(37)15-9-10-22-40-30-32-31-29(35(30)26-13-7-4-8-14-26)25-16-18-27(19-17-25)36(38)39/h3-8,11-14,16-19H,9-10,15,20-23H2,1-2H3. The Morgan fingerprint density at radius 2 is 1.57 bits per heavy atom. The van der Waals surface area contributed by atoms with E-state index in [2.05, 4.69) is 27.2 Å². The molecule has 3 aromatic carbocycles. The lowest BCUT2D eigenvalue weighted by Gasteiger charge is -2.24. The molecule has 1 amide bonds. The molecule has 0 bridgehead atoms. The number of para-hydroxylation sites is 1. The minimum atomic E-state index is -0.416. The van der Waals surface area contributed by atoms with Crippen LogP contribution in [-0.2, 0) is 11.3 Å². The summed E-state index contributed by atoms with van der Waals surface area (Å²) in [7, 11) is 4.03. The number of nitro benzene ring substituents is 1. The number of amides is 1. The zero-order chi connectivity index (χ0) is 28.3. The van der Waals surface area contributed by atoms with E-state index in [9.17, 15) is 14.9 Å². The Hall–Kier alpha value is -4.02. The number of benzene rings is 3. The average molecular weight is 559 g/mol.